The minimum Gasteiger partial charge on any atom is -0.425 e. The monoisotopic (exact) mass is 764 g/mol. The summed E-state index contributed by atoms with van der Waals surface area (Å²) in [7, 11) is 0. The molecule has 17 heteroatoms. The third-order valence-corrected chi connectivity index (χ3v) is 8.16. The molecule has 1 heterocycles. The van der Waals surface area contributed by atoms with E-state index in [1.165, 1.54) is 24.3 Å². The standard InChI is InChI=1S/C37H60N6O11/c1-27(34(48)38-23-33(47)51-29-13-11-28(12-14-29)43(49)50)39-15-17-40(30(24-44)52-35(2,3)4)19-21-42(32(26-46)54-37(8,9)10)22-20-41(18-16-39)31(25-45)53-36(5,6)7/h11-14,24-27,30-32H,15-23H2,1-10H3,(H,38,48). The molecule has 0 spiro atoms. The molecule has 1 saturated heterocycles. The summed E-state index contributed by atoms with van der Waals surface area (Å²) in [5.41, 5.74) is -2.13. The average molecular weight is 765 g/mol. The van der Waals surface area contributed by atoms with Crippen molar-refractivity contribution in [1.29, 1.82) is 0 Å². The smallest absolute Gasteiger partial charge is 0.330 e. The number of aldehydes is 3. The lowest BCUT2D eigenvalue weighted by Crippen LogP contribution is -2.57. The van der Waals surface area contributed by atoms with E-state index >= 15 is 0 Å². The molecule has 1 fully saturated rings. The number of nitro groups is 1. The molecule has 0 aromatic heterocycles. The maximum Gasteiger partial charge on any atom is 0.330 e. The lowest BCUT2D eigenvalue weighted by atomic mass is 10.2. The Kier molecular flexibility index (Phi) is 17.9. The van der Waals surface area contributed by atoms with E-state index in [4.69, 9.17) is 18.9 Å². The summed E-state index contributed by atoms with van der Waals surface area (Å²) in [5, 5.41) is 13.5. The van der Waals surface area contributed by atoms with Gasteiger partial charge in [-0.15, -0.1) is 0 Å². The van der Waals surface area contributed by atoms with E-state index in [0.29, 0.717) is 13.1 Å². The van der Waals surface area contributed by atoms with Crippen LogP contribution in [-0.2, 0) is 38.2 Å². The number of amides is 1. The molecule has 0 radical (unpaired) electrons. The number of non-ortho nitro benzene ring substituents is 1. The zero-order valence-electron chi connectivity index (χ0n) is 33.4. The molecule has 1 aromatic carbocycles. The van der Waals surface area contributed by atoms with Gasteiger partial charge in [0.1, 0.15) is 12.3 Å². The molecule has 1 N–H and O–H groups in total. The largest absolute Gasteiger partial charge is 0.425 e. The number of benzene rings is 1. The molecule has 1 aliphatic heterocycles. The fourth-order valence-corrected chi connectivity index (χ4v) is 5.55. The lowest BCUT2D eigenvalue weighted by Gasteiger charge is -2.41. The van der Waals surface area contributed by atoms with Gasteiger partial charge in [0.05, 0.1) is 27.8 Å². The minimum absolute atomic E-state index is 0.0866. The van der Waals surface area contributed by atoms with Crippen LogP contribution < -0.4 is 10.1 Å². The SMILES string of the molecule is CC(C(=O)NCC(=O)Oc1ccc([N+](=O)[O-])cc1)N1CCN(C(C=O)OC(C)(C)C)CCN(C(C=O)OC(C)(C)C)CCN(C(C=O)OC(C)(C)C)CC1. The zero-order chi connectivity index (χ0) is 40.9. The highest BCUT2D eigenvalue weighted by Gasteiger charge is 2.33. The number of rotatable bonds is 15. The van der Waals surface area contributed by atoms with Crippen molar-refractivity contribution in [1.82, 2.24) is 24.9 Å². The number of hydrogen-bond donors (Lipinski definition) is 1. The van der Waals surface area contributed by atoms with E-state index < -0.39 is 64.9 Å². The summed E-state index contributed by atoms with van der Waals surface area (Å²) < 4.78 is 23.6. The van der Waals surface area contributed by atoms with Gasteiger partial charge in [0.25, 0.3) is 5.69 Å². The third kappa shape index (κ3) is 16.8. The van der Waals surface area contributed by atoms with Crippen molar-refractivity contribution < 1.29 is 47.8 Å². The van der Waals surface area contributed by atoms with Crippen LogP contribution in [0.3, 0.4) is 0 Å². The van der Waals surface area contributed by atoms with Gasteiger partial charge in [0.15, 0.2) is 37.5 Å². The second kappa shape index (κ2) is 20.8. The predicted octanol–water partition coefficient (Wildman–Crippen LogP) is 2.25. The van der Waals surface area contributed by atoms with Gasteiger partial charge in [-0.2, -0.15) is 0 Å². The van der Waals surface area contributed by atoms with Crippen molar-refractivity contribution in [2.75, 3.05) is 58.9 Å². The van der Waals surface area contributed by atoms with Crippen LogP contribution in [-0.4, -0.2) is 156 Å². The highest BCUT2D eigenvalue weighted by Crippen LogP contribution is 2.20. The molecule has 304 valence electrons. The molecule has 0 aliphatic carbocycles. The Hall–Kier alpha value is -3.71. The van der Waals surface area contributed by atoms with Crippen LogP contribution in [0, 0.1) is 10.1 Å². The number of carbonyl (C=O) groups excluding carboxylic acids is 5. The summed E-state index contributed by atoms with van der Waals surface area (Å²) in [6.07, 6.45) is -0.612. The fourth-order valence-electron chi connectivity index (χ4n) is 5.55. The number of nitrogens with zero attached hydrogens (tertiary/aromatic N) is 5. The van der Waals surface area contributed by atoms with Crippen molar-refractivity contribution in [2.24, 2.45) is 0 Å². The van der Waals surface area contributed by atoms with Crippen LogP contribution in [0.25, 0.3) is 0 Å². The molecule has 17 nitrogen and oxygen atoms in total. The average Bonchev–Trinajstić information content (AvgIpc) is 3.06. The summed E-state index contributed by atoms with van der Waals surface area (Å²) >= 11 is 0. The van der Waals surface area contributed by atoms with Crippen molar-refractivity contribution >= 4 is 36.4 Å². The van der Waals surface area contributed by atoms with Gasteiger partial charge in [0, 0.05) is 64.5 Å². The molecule has 1 aliphatic rings. The van der Waals surface area contributed by atoms with Gasteiger partial charge in [-0.05, 0) is 81.4 Å². The van der Waals surface area contributed by atoms with Crippen LogP contribution >= 0.6 is 0 Å². The van der Waals surface area contributed by atoms with E-state index in [9.17, 15) is 34.1 Å². The maximum atomic E-state index is 13.5. The summed E-state index contributed by atoms with van der Waals surface area (Å²) in [6.45, 7) is 20.1. The van der Waals surface area contributed by atoms with Crippen molar-refractivity contribution in [3.05, 3.63) is 34.4 Å². The lowest BCUT2D eigenvalue weighted by molar-refractivity contribution is -0.384. The second-order valence-corrected chi connectivity index (χ2v) is 16.0. The Morgan fingerprint density at radius 3 is 1.31 bits per heavy atom. The highest BCUT2D eigenvalue weighted by molar-refractivity contribution is 5.86. The van der Waals surface area contributed by atoms with Gasteiger partial charge in [-0.25, -0.2) is 4.79 Å². The first-order chi connectivity index (χ1) is 25.1. The Labute approximate surface area is 318 Å². The first-order valence-corrected chi connectivity index (χ1v) is 18.1. The van der Waals surface area contributed by atoms with E-state index in [0.717, 1.165) is 18.9 Å². The van der Waals surface area contributed by atoms with Crippen LogP contribution in [0.1, 0.15) is 69.2 Å². The maximum absolute atomic E-state index is 13.5. The predicted molar refractivity (Wildman–Crippen MR) is 200 cm³/mol. The van der Waals surface area contributed by atoms with Crippen LogP contribution in [0.15, 0.2) is 24.3 Å². The number of hydrogen-bond acceptors (Lipinski definition) is 15. The van der Waals surface area contributed by atoms with E-state index in [-0.39, 0.29) is 50.7 Å². The molecule has 4 atom stereocenters. The number of carbonyl (C=O) groups is 5. The molecule has 0 saturated carbocycles. The van der Waals surface area contributed by atoms with Crippen LogP contribution in [0.4, 0.5) is 5.69 Å². The Bertz CT molecular complexity index is 1350. The van der Waals surface area contributed by atoms with E-state index in [1.807, 2.05) is 81.9 Å². The summed E-state index contributed by atoms with van der Waals surface area (Å²) in [6, 6.07) is 4.20. The Balaban J connectivity index is 2.40. The molecule has 1 aromatic rings. The normalized spacial score (nSPS) is 18.9. The molecule has 1 amide bonds. The molecule has 54 heavy (non-hydrogen) atoms. The molecular formula is C37H60N6O11. The van der Waals surface area contributed by atoms with Crippen molar-refractivity contribution in [3.8, 4) is 5.75 Å². The Morgan fingerprint density at radius 1 is 0.685 bits per heavy atom. The highest BCUT2D eigenvalue weighted by atomic mass is 16.6. The van der Waals surface area contributed by atoms with Gasteiger partial charge in [-0.3, -0.25) is 48.9 Å². The second-order valence-electron chi connectivity index (χ2n) is 16.0. The Morgan fingerprint density at radius 2 is 1.02 bits per heavy atom. The minimum atomic E-state index is -0.940. The molecule has 0 bridgehead atoms. The van der Waals surface area contributed by atoms with Crippen LogP contribution in [0.2, 0.25) is 0 Å². The van der Waals surface area contributed by atoms with Crippen molar-refractivity contribution in [2.45, 2.75) is 111 Å². The number of nitrogens with one attached hydrogen (secondary N) is 1. The van der Waals surface area contributed by atoms with Gasteiger partial charge in [-0.1, -0.05) is 0 Å². The fraction of sp³-hybridized carbons (Fsp3) is 0.703. The topological polar surface area (TPSA) is 190 Å². The van der Waals surface area contributed by atoms with E-state index in [1.54, 1.807) is 6.92 Å². The molecular weight excluding hydrogens is 704 g/mol. The van der Waals surface area contributed by atoms with E-state index in [2.05, 4.69) is 5.32 Å². The first-order valence-electron chi connectivity index (χ1n) is 18.1. The van der Waals surface area contributed by atoms with Gasteiger partial charge in [0.2, 0.25) is 5.91 Å². The van der Waals surface area contributed by atoms with Crippen LogP contribution in [0.5, 0.6) is 5.75 Å². The number of ether oxygens (including phenoxy) is 4. The van der Waals surface area contributed by atoms with Gasteiger partial charge >= 0.3 is 5.97 Å². The molecule has 2 rings (SSSR count). The van der Waals surface area contributed by atoms with Crippen molar-refractivity contribution in [3.63, 3.8) is 0 Å². The third-order valence-electron chi connectivity index (χ3n) is 8.16. The zero-order valence-corrected chi connectivity index (χ0v) is 33.4. The summed E-state index contributed by atoms with van der Waals surface area (Å²) in [4.78, 5) is 81.2. The first kappa shape index (κ1) is 46.4. The number of nitro benzene ring substituents is 1. The van der Waals surface area contributed by atoms with Gasteiger partial charge < -0.3 is 24.3 Å². The summed E-state index contributed by atoms with van der Waals surface area (Å²) in [5.74, 6) is -1.16. The number of esters is 1. The quantitative estimate of drug-likeness (QED) is 0.0899. The molecule has 4 unspecified atom stereocenters.